The molecule has 1 aliphatic heterocycles. The fourth-order valence-electron chi connectivity index (χ4n) is 2.88. The molecular weight excluding hydrogens is 474 g/mol. The Morgan fingerprint density at radius 3 is 2.06 bits per heavy atom. The topological polar surface area (TPSA) is 72.9 Å². The van der Waals surface area contributed by atoms with E-state index in [1.54, 1.807) is 0 Å². The van der Waals surface area contributed by atoms with E-state index >= 15 is 0 Å². The first-order valence-electron chi connectivity index (χ1n) is 8.65. The first-order valence-corrected chi connectivity index (χ1v) is 8.65. The highest BCUT2D eigenvalue weighted by Gasteiger charge is 2.51. The third-order valence-corrected chi connectivity index (χ3v) is 4.32. The number of amides is 1. The van der Waals surface area contributed by atoms with Crippen LogP contribution in [0.25, 0.3) is 11.1 Å². The Hall–Kier alpha value is -3.71. The molecule has 14 heteroatoms. The molecule has 0 spiro atoms. The Kier molecular flexibility index (Phi) is 6.04. The minimum Gasteiger partial charge on any atom is -0.458 e. The monoisotopic (exact) mass is 483 g/mol. The number of benzene rings is 2. The van der Waals surface area contributed by atoms with Gasteiger partial charge in [-0.1, -0.05) is 0 Å². The lowest BCUT2D eigenvalue weighted by atomic mass is 10.0. The summed E-state index contributed by atoms with van der Waals surface area (Å²) in [5.41, 5.74) is -3.90. The molecular formula is C19H9F8NO5. The Morgan fingerprint density at radius 2 is 1.52 bits per heavy atom. The zero-order valence-electron chi connectivity index (χ0n) is 16.1. The molecule has 1 aliphatic rings. The summed E-state index contributed by atoms with van der Waals surface area (Å²) in [4.78, 5) is 34.8. The Balaban J connectivity index is 2.18. The van der Waals surface area contributed by atoms with Gasteiger partial charge in [0.1, 0.15) is 5.82 Å². The zero-order chi connectivity index (χ0) is 24.8. The van der Waals surface area contributed by atoms with Crippen molar-refractivity contribution in [2.45, 2.75) is 13.0 Å². The van der Waals surface area contributed by atoms with Crippen molar-refractivity contribution in [3.8, 4) is 16.9 Å². The molecule has 0 fully saturated rings. The van der Waals surface area contributed by atoms with E-state index in [-0.39, 0.29) is 11.0 Å². The minimum atomic E-state index is -4.60. The van der Waals surface area contributed by atoms with Crippen molar-refractivity contribution in [3.63, 3.8) is 0 Å². The molecule has 33 heavy (non-hydrogen) atoms. The molecule has 0 N–H and O–H groups in total. The summed E-state index contributed by atoms with van der Waals surface area (Å²) in [6.45, 7) is -1.22. The number of Topliss-reactive ketones (excluding diaryl/α,β-unsaturated/α-hetero) is 1. The van der Waals surface area contributed by atoms with Crippen molar-refractivity contribution in [1.29, 1.82) is 0 Å². The number of alkyl halides is 2. The van der Waals surface area contributed by atoms with Crippen molar-refractivity contribution in [1.82, 2.24) is 0 Å². The van der Waals surface area contributed by atoms with Crippen LogP contribution < -0.4 is 9.64 Å². The lowest BCUT2D eigenvalue weighted by molar-refractivity contribution is -0.192. The number of hydrogen-bond donors (Lipinski definition) is 0. The predicted octanol–water partition coefficient (Wildman–Crippen LogP) is 3.64. The summed E-state index contributed by atoms with van der Waals surface area (Å²) in [7, 11) is 0. The van der Waals surface area contributed by atoms with Crippen LogP contribution in [-0.2, 0) is 19.1 Å². The largest absolute Gasteiger partial charge is 0.482 e. The number of fused-ring (bicyclic) bond motifs is 1. The number of nitrogens with zero attached hydrogens (tertiary/aromatic N) is 1. The predicted molar refractivity (Wildman–Crippen MR) is 91.2 cm³/mol. The summed E-state index contributed by atoms with van der Waals surface area (Å²) >= 11 is 0. The molecule has 2 aromatic carbocycles. The van der Waals surface area contributed by atoms with Gasteiger partial charge in [0, 0.05) is 18.6 Å². The molecule has 176 valence electrons. The van der Waals surface area contributed by atoms with E-state index in [1.165, 1.54) is 0 Å². The van der Waals surface area contributed by atoms with Crippen LogP contribution in [0.4, 0.5) is 40.8 Å². The van der Waals surface area contributed by atoms with Crippen molar-refractivity contribution < 1.29 is 59.0 Å². The van der Waals surface area contributed by atoms with Crippen LogP contribution in [0, 0.1) is 34.9 Å². The lowest BCUT2D eigenvalue weighted by Crippen LogP contribution is -2.52. The summed E-state index contributed by atoms with van der Waals surface area (Å²) in [5, 5.41) is 0. The highest BCUT2D eigenvalue weighted by molar-refractivity contribution is 6.05. The van der Waals surface area contributed by atoms with E-state index in [0.29, 0.717) is 6.07 Å². The van der Waals surface area contributed by atoms with Gasteiger partial charge in [0.15, 0.2) is 41.4 Å². The third kappa shape index (κ3) is 4.19. The smallest absolute Gasteiger partial charge is 0.458 e. The fraction of sp³-hybridized carbons (Fsp3) is 0.211. The van der Waals surface area contributed by atoms with Crippen LogP contribution in [0.3, 0.4) is 0 Å². The highest BCUT2D eigenvalue weighted by Crippen LogP contribution is 2.44. The number of ketones is 1. The number of carbonyl (C=O) groups is 3. The Morgan fingerprint density at radius 1 is 0.970 bits per heavy atom. The van der Waals surface area contributed by atoms with Crippen LogP contribution in [-0.4, -0.2) is 36.9 Å². The standard InChI is InChI=1S/C19H9F8NO5/c1-6(29)32-5-7(30)4-28-10-2-8(9(20)3-11(10)33-19(26,27)18(28)31)12-13(21)15(23)17(25)16(24)14(12)22/h2-3H,4-5H2,1H3. The highest BCUT2D eigenvalue weighted by atomic mass is 19.3. The zero-order valence-corrected chi connectivity index (χ0v) is 16.1. The number of esters is 1. The van der Waals surface area contributed by atoms with Crippen LogP contribution >= 0.6 is 0 Å². The summed E-state index contributed by atoms with van der Waals surface area (Å²) in [5.74, 6) is -19.2. The van der Waals surface area contributed by atoms with Crippen LogP contribution in [0.15, 0.2) is 12.1 Å². The fourth-order valence-corrected chi connectivity index (χ4v) is 2.88. The first-order chi connectivity index (χ1) is 15.3. The van der Waals surface area contributed by atoms with Crippen molar-refractivity contribution in [2.24, 2.45) is 0 Å². The van der Waals surface area contributed by atoms with E-state index in [2.05, 4.69) is 9.47 Å². The number of rotatable bonds is 5. The molecule has 0 atom stereocenters. The van der Waals surface area contributed by atoms with Crippen LogP contribution in [0.2, 0.25) is 0 Å². The second-order valence-electron chi connectivity index (χ2n) is 6.57. The third-order valence-electron chi connectivity index (χ3n) is 4.32. The first kappa shape index (κ1) is 23.9. The molecule has 3 rings (SSSR count). The average Bonchev–Trinajstić information content (AvgIpc) is 2.73. The van der Waals surface area contributed by atoms with E-state index in [1.807, 2.05) is 0 Å². The summed E-state index contributed by atoms with van der Waals surface area (Å²) in [6, 6.07) is 0.418. The van der Waals surface area contributed by atoms with E-state index in [9.17, 15) is 49.5 Å². The second kappa shape index (κ2) is 8.33. The Labute approximate surface area is 178 Å². The van der Waals surface area contributed by atoms with E-state index in [4.69, 9.17) is 0 Å². The van der Waals surface area contributed by atoms with Crippen molar-refractivity contribution in [3.05, 3.63) is 47.0 Å². The van der Waals surface area contributed by atoms with Gasteiger partial charge in [0.05, 0.1) is 17.8 Å². The van der Waals surface area contributed by atoms with E-state index in [0.717, 1.165) is 6.92 Å². The quantitative estimate of drug-likeness (QED) is 0.281. The van der Waals surface area contributed by atoms with Gasteiger partial charge in [0.25, 0.3) is 0 Å². The average molecular weight is 483 g/mol. The van der Waals surface area contributed by atoms with E-state index < -0.39 is 94.4 Å². The minimum absolute atomic E-state index is 0.0274. The molecule has 0 saturated heterocycles. The molecule has 0 aliphatic carbocycles. The number of halogens is 8. The number of hydrogen-bond acceptors (Lipinski definition) is 5. The lowest BCUT2D eigenvalue weighted by Gasteiger charge is -2.33. The maximum Gasteiger partial charge on any atom is 0.482 e. The SMILES string of the molecule is CC(=O)OCC(=O)CN1C(=O)C(F)(F)Oc2cc(F)c(-c3c(F)c(F)c(F)c(F)c3F)cc21. The van der Waals surface area contributed by atoms with Gasteiger partial charge >= 0.3 is 18.0 Å². The van der Waals surface area contributed by atoms with Gasteiger partial charge in [0.2, 0.25) is 5.82 Å². The number of ether oxygens (including phenoxy) is 2. The summed E-state index contributed by atoms with van der Waals surface area (Å²) in [6.07, 6.45) is -4.60. The van der Waals surface area contributed by atoms with Crippen molar-refractivity contribution in [2.75, 3.05) is 18.1 Å². The molecule has 0 aromatic heterocycles. The van der Waals surface area contributed by atoms with Gasteiger partial charge in [-0.2, -0.15) is 8.78 Å². The van der Waals surface area contributed by atoms with Crippen LogP contribution in [0.5, 0.6) is 5.75 Å². The van der Waals surface area contributed by atoms with Gasteiger partial charge < -0.3 is 9.47 Å². The molecule has 1 amide bonds. The molecule has 0 radical (unpaired) electrons. The molecule has 0 saturated carbocycles. The van der Waals surface area contributed by atoms with Gasteiger partial charge in [-0.25, -0.2) is 26.3 Å². The summed E-state index contributed by atoms with van der Waals surface area (Å²) < 4.78 is 120. The van der Waals surface area contributed by atoms with Gasteiger partial charge in [-0.05, 0) is 6.07 Å². The van der Waals surface area contributed by atoms with Crippen LogP contribution in [0.1, 0.15) is 6.92 Å². The van der Waals surface area contributed by atoms with Gasteiger partial charge in [-0.15, -0.1) is 0 Å². The molecule has 0 unspecified atom stereocenters. The molecule has 1 heterocycles. The molecule has 2 aromatic rings. The molecule has 0 bridgehead atoms. The number of carbonyl (C=O) groups excluding carboxylic acids is 3. The van der Waals surface area contributed by atoms with Crippen molar-refractivity contribution >= 4 is 23.3 Å². The second-order valence-corrected chi connectivity index (χ2v) is 6.57. The molecule has 6 nitrogen and oxygen atoms in total. The maximum absolute atomic E-state index is 14.5. The normalized spacial score (nSPS) is 14.6. The maximum atomic E-state index is 14.5. The Bertz CT molecular complexity index is 1170. The number of anilines is 1. The van der Waals surface area contributed by atoms with Gasteiger partial charge in [-0.3, -0.25) is 19.3 Å².